The molecular formula is C19H21NO. The normalized spacial score (nSPS) is 16.0. The third kappa shape index (κ3) is 3.15. The molecule has 1 N–H and O–H groups in total. The van der Waals surface area contributed by atoms with Gasteiger partial charge in [0.25, 0.3) is 0 Å². The van der Waals surface area contributed by atoms with Crippen molar-refractivity contribution >= 4 is 5.91 Å². The Balaban J connectivity index is 1.60. The summed E-state index contributed by atoms with van der Waals surface area (Å²) in [7, 11) is 0. The van der Waals surface area contributed by atoms with Gasteiger partial charge in [-0.25, -0.2) is 0 Å². The first-order valence-electron chi connectivity index (χ1n) is 7.65. The molecule has 0 heterocycles. The molecule has 2 heteroatoms. The fraction of sp³-hybridized carbons (Fsp3) is 0.316. The third-order valence-electron chi connectivity index (χ3n) is 4.53. The van der Waals surface area contributed by atoms with Gasteiger partial charge < -0.3 is 5.32 Å². The van der Waals surface area contributed by atoms with Crippen molar-refractivity contribution < 1.29 is 4.79 Å². The van der Waals surface area contributed by atoms with Crippen LogP contribution < -0.4 is 5.32 Å². The lowest BCUT2D eigenvalue weighted by atomic mass is 9.64. The van der Waals surface area contributed by atoms with E-state index in [2.05, 4.69) is 29.6 Å². The summed E-state index contributed by atoms with van der Waals surface area (Å²) < 4.78 is 0. The first-order valence-corrected chi connectivity index (χ1v) is 7.65. The Morgan fingerprint density at radius 1 is 0.952 bits per heavy atom. The quantitative estimate of drug-likeness (QED) is 0.892. The van der Waals surface area contributed by atoms with E-state index in [-0.39, 0.29) is 11.3 Å². The van der Waals surface area contributed by atoms with Gasteiger partial charge in [0.1, 0.15) is 0 Å². The smallest absolute Gasteiger partial charge is 0.224 e. The molecular weight excluding hydrogens is 258 g/mol. The van der Waals surface area contributed by atoms with Crippen molar-refractivity contribution in [3.8, 4) is 0 Å². The van der Waals surface area contributed by atoms with Crippen molar-refractivity contribution in [2.75, 3.05) is 6.54 Å². The molecule has 21 heavy (non-hydrogen) atoms. The Kier molecular flexibility index (Phi) is 4.05. The van der Waals surface area contributed by atoms with Gasteiger partial charge >= 0.3 is 0 Å². The van der Waals surface area contributed by atoms with Crippen LogP contribution in [-0.2, 0) is 16.6 Å². The minimum Gasteiger partial charge on any atom is -0.355 e. The second-order valence-corrected chi connectivity index (χ2v) is 5.94. The zero-order chi connectivity index (χ0) is 14.5. The molecule has 0 aliphatic heterocycles. The van der Waals surface area contributed by atoms with Crippen LogP contribution in [0.5, 0.6) is 0 Å². The number of hydrogen-bond acceptors (Lipinski definition) is 1. The van der Waals surface area contributed by atoms with Gasteiger partial charge in [-0.1, -0.05) is 67.1 Å². The van der Waals surface area contributed by atoms with Crippen LogP contribution in [0.15, 0.2) is 60.7 Å². The lowest BCUT2D eigenvalue weighted by Crippen LogP contribution is -2.45. The van der Waals surface area contributed by atoms with Crippen LogP contribution in [0.25, 0.3) is 0 Å². The predicted octanol–water partition coefficient (Wildman–Crippen LogP) is 3.47. The van der Waals surface area contributed by atoms with Crippen LogP contribution >= 0.6 is 0 Å². The molecule has 1 fully saturated rings. The van der Waals surface area contributed by atoms with Gasteiger partial charge in [0.05, 0.1) is 6.42 Å². The molecule has 0 radical (unpaired) electrons. The number of benzene rings is 2. The standard InChI is InChI=1S/C19H21NO/c21-18(14-16-8-3-1-4-9-16)20-15-19(12-7-13-19)17-10-5-2-6-11-17/h1-6,8-11H,7,12-15H2,(H,20,21). The van der Waals surface area contributed by atoms with E-state index in [1.807, 2.05) is 36.4 Å². The average molecular weight is 279 g/mol. The minimum absolute atomic E-state index is 0.114. The van der Waals surface area contributed by atoms with Gasteiger partial charge in [0.2, 0.25) is 5.91 Å². The zero-order valence-corrected chi connectivity index (χ0v) is 12.2. The molecule has 108 valence electrons. The van der Waals surface area contributed by atoms with Crippen molar-refractivity contribution in [2.45, 2.75) is 31.1 Å². The van der Waals surface area contributed by atoms with E-state index in [4.69, 9.17) is 0 Å². The Labute approximate surface area is 126 Å². The lowest BCUT2D eigenvalue weighted by Gasteiger charge is -2.42. The molecule has 0 saturated heterocycles. The fourth-order valence-electron chi connectivity index (χ4n) is 3.07. The molecule has 2 aromatic rings. The van der Waals surface area contributed by atoms with E-state index in [1.165, 1.54) is 24.8 Å². The van der Waals surface area contributed by atoms with Crippen LogP contribution in [0, 0.1) is 0 Å². The Morgan fingerprint density at radius 2 is 1.57 bits per heavy atom. The molecule has 0 bridgehead atoms. The molecule has 0 spiro atoms. The Morgan fingerprint density at radius 3 is 2.14 bits per heavy atom. The molecule has 0 aromatic heterocycles. The molecule has 2 aromatic carbocycles. The van der Waals surface area contributed by atoms with E-state index < -0.39 is 0 Å². The van der Waals surface area contributed by atoms with Gasteiger partial charge in [-0.3, -0.25) is 4.79 Å². The number of carbonyl (C=O) groups is 1. The van der Waals surface area contributed by atoms with Crippen LogP contribution in [0.2, 0.25) is 0 Å². The third-order valence-corrected chi connectivity index (χ3v) is 4.53. The molecule has 3 rings (SSSR count). The first kappa shape index (κ1) is 13.9. The van der Waals surface area contributed by atoms with E-state index in [0.717, 1.165) is 12.1 Å². The van der Waals surface area contributed by atoms with Gasteiger partial charge in [-0.05, 0) is 24.0 Å². The van der Waals surface area contributed by atoms with Crippen molar-refractivity contribution in [1.29, 1.82) is 0 Å². The number of rotatable bonds is 5. The second kappa shape index (κ2) is 6.13. The largest absolute Gasteiger partial charge is 0.355 e. The van der Waals surface area contributed by atoms with Crippen LogP contribution in [-0.4, -0.2) is 12.5 Å². The maximum atomic E-state index is 12.1. The SMILES string of the molecule is O=C(Cc1ccccc1)NCC1(c2ccccc2)CCC1. The highest BCUT2D eigenvalue weighted by Crippen LogP contribution is 2.43. The number of amides is 1. The fourth-order valence-corrected chi connectivity index (χ4v) is 3.07. The Hall–Kier alpha value is -2.09. The van der Waals surface area contributed by atoms with Gasteiger partial charge in [-0.15, -0.1) is 0 Å². The molecule has 1 aliphatic rings. The molecule has 2 nitrogen and oxygen atoms in total. The minimum atomic E-state index is 0.114. The average Bonchev–Trinajstić information content (AvgIpc) is 2.48. The summed E-state index contributed by atoms with van der Waals surface area (Å²) in [6.07, 6.45) is 4.06. The summed E-state index contributed by atoms with van der Waals surface area (Å²) in [5.41, 5.74) is 2.58. The lowest BCUT2D eigenvalue weighted by molar-refractivity contribution is -0.120. The van der Waals surface area contributed by atoms with E-state index >= 15 is 0 Å². The van der Waals surface area contributed by atoms with E-state index in [1.54, 1.807) is 0 Å². The van der Waals surface area contributed by atoms with Crippen LogP contribution in [0.4, 0.5) is 0 Å². The van der Waals surface area contributed by atoms with Crippen molar-refractivity contribution in [3.05, 3.63) is 71.8 Å². The summed E-state index contributed by atoms with van der Waals surface area (Å²) in [5.74, 6) is 0.114. The predicted molar refractivity (Wildman–Crippen MR) is 85.1 cm³/mol. The molecule has 0 atom stereocenters. The summed E-state index contributed by atoms with van der Waals surface area (Å²) in [6.45, 7) is 0.753. The number of carbonyl (C=O) groups excluding carboxylic acids is 1. The van der Waals surface area contributed by atoms with Gasteiger partial charge in [0, 0.05) is 12.0 Å². The van der Waals surface area contributed by atoms with E-state index in [0.29, 0.717) is 6.42 Å². The first-order chi connectivity index (χ1) is 10.3. The second-order valence-electron chi connectivity index (χ2n) is 5.94. The highest BCUT2D eigenvalue weighted by atomic mass is 16.1. The van der Waals surface area contributed by atoms with Gasteiger partial charge in [-0.2, -0.15) is 0 Å². The maximum Gasteiger partial charge on any atom is 0.224 e. The summed E-state index contributed by atoms with van der Waals surface area (Å²) in [5, 5.41) is 3.13. The Bertz CT molecular complexity index is 587. The highest BCUT2D eigenvalue weighted by molar-refractivity contribution is 5.78. The molecule has 1 saturated carbocycles. The van der Waals surface area contributed by atoms with Crippen LogP contribution in [0.1, 0.15) is 30.4 Å². The van der Waals surface area contributed by atoms with Crippen molar-refractivity contribution in [3.63, 3.8) is 0 Å². The zero-order valence-electron chi connectivity index (χ0n) is 12.2. The maximum absolute atomic E-state index is 12.1. The monoisotopic (exact) mass is 279 g/mol. The highest BCUT2D eigenvalue weighted by Gasteiger charge is 2.38. The number of nitrogens with one attached hydrogen (secondary N) is 1. The van der Waals surface area contributed by atoms with Crippen LogP contribution in [0.3, 0.4) is 0 Å². The molecule has 1 aliphatic carbocycles. The topological polar surface area (TPSA) is 29.1 Å². The summed E-state index contributed by atoms with van der Waals surface area (Å²) >= 11 is 0. The van der Waals surface area contributed by atoms with Crippen molar-refractivity contribution in [2.24, 2.45) is 0 Å². The summed E-state index contributed by atoms with van der Waals surface area (Å²) in [4.78, 5) is 12.1. The molecule has 1 amide bonds. The number of hydrogen-bond donors (Lipinski definition) is 1. The van der Waals surface area contributed by atoms with Gasteiger partial charge in [0.15, 0.2) is 0 Å². The van der Waals surface area contributed by atoms with Crippen molar-refractivity contribution in [1.82, 2.24) is 5.32 Å². The molecule has 0 unspecified atom stereocenters. The van der Waals surface area contributed by atoms with E-state index in [9.17, 15) is 4.79 Å². The summed E-state index contributed by atoms with van der Waals surface area (Å²) in [6, 6.07) is 20.5.